The first kappa shape index (κ1) is 24.7. The van der Waals surface area contributed by atoms with Crippen LogP contribution < -0.4 is 19.5 Å². The average molecular weight is 493 g/mol. The lowest BCUT2D eigenvalue weighted by Crippen LogP contribution is -2.57. The zero-order chi connectivity index (χ0) is 25.2. The van der Waals surface area contributed by atoms with E-state index >= 15 is 0 Å². The summed E-state index contributed by atoms with van der Waals surface area (Å²) in [4.78, 5) is 25.0. The van der Waals surface area contributed by atoms with Gasteiger partial charge in [0.25, 0.3) is 5.91 Å². The third kappa shape index (κ3) is 5.47. The minimum absolute atomic E-state index is 0.0630. The quantitative estimate of drug-likeness (QED) is 0.583. The molecule has 0 unspecified atom stereocenters. The number of aryl methyl sites for hydroxylation is 1. The lowest BCUT2D eigenvalue weighted by molar-refractivity contribution is -0.187. The number of rotatable bonds is 7. The Labute approximate surface area is 200 Å². The fourth-order valence-corrected chi connectivity index (χ4v) is 4.48. The Kier molecular flexibility index (Phi) is 6.82. The van der Waals surface area contributed by atoms with Crippen LogP contribution in [0, 0.1) is 12.8 Å². The van der Waals surface area contributed by atoms with Crippen LogP contribution in [0.15, 0.2) is 36.4 Å². The molecule has 0 spiro atoms. The van der Waals surface area contributed by atoms with Gasteiger partial charge >= 0.3 is 12.1 Å². The van der Waals surface area contributed by atoms with Gasteiger partial charge < -0.3 is 24.6 Å². The first-order chi connectivity index (χ1) is 16.6. The second kappa shape index (κ2) is 9.67. The first-order valence-corrected chi connectivity index (χ1v) is 11.3. The molecule has 2 aliphatic rings. The van der Waals surface area contributed by atoms with Crippen LogP contribution in [0.1, 0.15) is 47.2 Å². The van der Waals surface area contributed by atoms with E-state index in [2.05, 4.69) is 5.32 Å². The van der Waals surface area contributed by atoms with E-state index in [9.17, 15) is 27.9 Å². The van der Waals surface area contributed by atoms with Crippen LogP contribution in [-0.4, -0.2) is 42.1 Å². The molecule has 7 nitrogen and oxygen atoms in total. The highest BCUT2D eigenvalue weighted by atomic mass is 19.4. The topological polar surface area (TPSA) is 94.1 Å². The van der Waals surface area contributed by atoms with E-state index in [0.29, 0.717) is 18.8 Å². The predicted octanol–water partition coefficient (Wildman–Crippen LogP) is 4.65. The molecule has 2 aromatic rings. The molecule has 2 N–H and O–H groups in total. The summed E-state index contributed by atoms with van der Waals surface area (Å²) in [5.74, 6) is -2.80. The SMILES string of the molecule is Cc1cccc(CCOc2cc(C(=O)N[C@]3(C(=O)O)CC[C@H](C(F)(F)F)CC3)cc3c2OCO3)c1. The molecular weight excluding hydrogens is 467 g/mol. The molecule has 188 valence electrons. The Bertz CT molecular complexity index is 1110. The molecular formula is C25H26F3NO6. The Hall–Kier alpha value is -3.43. The second-order valence-electron chi connectivity index (χ2n) is 8.95. The summed E-state index contributed by atoms with van der Waals surface area (Å²) in [6.45, 7) is 2.22. The normalized spacial score (nSPS) is 21.4. The van der Waals surface area contributed by atoms with Crippen LogP contribution in [0.5, 0.6) is 17.2 Å². The van der Waals surface area contributed by atoms with Gasteiger partial charge in [-0.15, -0.1) is 0 Å². The molecule has 1 amide bonds. The summed E-state index contributed by atoms with van der Waals surface area (Å²) in [6.07, 6.45) is -5.16. The van der Waals surface area contributed by atoms with Crippen LogP contribution in [0.2, 0.25) is 0 Å². The van der Waals surface area contributed by atoms with Crippen molar-refractivity contribution in [2.24, 2.45) is 5.92 Å². The van der Waals surface area contributed by atoms with E-state index in [1.54, 1.807) is 0 Å². The van der Waals surface area contributed by atoms with Crippen LogP contribution in [0.4, 0.5) is 13.2 Å². The lowest BCUT2D eigenvalue weighted by Gasteiger charge is -2.38. The number of amides is 1. The van der Waals surface area contributed by atoms with Crippen molar-refractivity contribution < 1.29 is 42.1 Å². The number of hydrogen-bond acceptors (Lipinski definition) is 5. The van der Waals surface area contributed by atoms with Crippen molar-refractivity contribution in [1.82, 2.24) is 5.32 Å². The molecule has 2 aromatic carbocycles. The molecule has 4 rings (SSSR count). The van der Waals surface area contributed by atoms with Crippen molar-refractivity contribution in [3.05, 3.63) is 53.1 Å². The Balaban J connectivity index is 1.49. The molecule has 1 saturated carbocycles. The van der Waals surface area contributed by atoms with E-state index in [0.717, 1.165) is 11.1 Å². The number of halogens is 3. The summed E-state index contributed by atoms with van der Waals surface area (Å²) in [6, 6.07) is 10.8. The third-order valence-corrected chi connectivity index (χ3v) is 6.50. The molecule has 0 atom stereocenters. The van der Waals surface area contributed by atoms with Gasteiger partial charge in [0.2, 0.25) is 12.5 Å². The van der Waals surface area contributed by atoms with Gasteiger partial charge in [-0.05, 0) is 50.3 Å². The number of carbonyl (C=O) groups is 2. The number of ether oxygens (including phenoxy) is 3. The lowest BCUT2D eigenvalue weighted by atomic mass is 9.76. The molecule has 35 heavy (non-hydrogen) atoms. The molecule has 10 heteroatoms. The zero-order valence-corrected chi connectivity index (χ0v) is 19.1. The number of alkyl halides is 3. The fourth-order valence-electron chi connectivity index (χ4n) is 4.48. The van der Waals surface area contributed by atoms with Gasteiger partial charge in [-0.3, -0.25) is 4.79 Å². The maximum atomic E-state index is 13.0. The second-order valence-corrected chi connectivity index (χ2v) is 8.95. The summed E-state index contributed by atoms with van der Waals surface area (Å²) >= 11 is 0. The number of hydrogen-bond donors (Lipinski definition) is 2. The number of carbonyl (C=O) groups excluding carboxylic acids is 1. The summed E-state index contributed by atoms with van der Waals surface area (Å²) in [5, 5.41) is 12.2. The largest absolute Gasteiger partial charge is 0.489 e. The van der Waals surface area contributed by atoms with E-state index in [1.165, 1.54) is 12.1 Å². The zero-order valence-electron chi connectivity index (χ0n) is 19.1. The van der Waals surface area contributed by atoms with Crippen LogP contribution in [0.3, 0.4) is 0 Å². The molecule has 0 aromatic heterocycles. The van der Waals surface area contributed by atoms with Crippen LogP contribution >= 0.6 is 0 Å². The summed E-state index contributed by atoms with van der Waals surface area (Å²) in [7, 11) is 0. The monoisotopic (exact) mass is 493 g/mol. The van der Waals surface area contributed by atoms with Gasteiger partial charge in [0.15, 0.2) is 11.5 Å². The van der Waals surface area contributed by atoms with E-state index in [-0.39, 0.29) is 49.5 Å². The van der Waals surface area contributed by atoms with Gasteiger partial charge in [-0.25, -0.2) is 4.79 Å². The Morgan fingerprint density at radius 1 is 1.17 bits per heavy atom. The van der Waals surface area contributed by atoms with Crippen molar-refractivity contribution in [2.45, 2.75) is 50.7 Å². The van der Waals surface area contributed by atoms with Crippen molar-refractivity contribution in [3.8, 4) is 17.2 Å². The minimum Gasteiger partial charge on any atom is -0.489 e. The molecule has 0 radical (unpaired) electrons. The number of nitrogens with one attached hydrogen (secondary N) is 1. The number of carboxylic acid groups (broad SMARTS) is 1. The van der Waals surface area contributed by atoms with Crippen molar-refractivity contribution in [1.29, 1.82) is 0 Å². The molecule has 0 bridgehead atoms. The Morgan fingerprint density at radius 3 is 2.57 bits per heavy atom. The fraction of sp³-hybridized carbons (Fsp3) is 0.440. The van der Waals surface area contributed by atoms with Gasteiger partial charge in [0.1, 0.15) is 5.54 Å². The smallest absolute Gasteiger partial charge is 0.391 e. The van der Waals surface area contributed by atoms with Gasteiger partial charge in [0, 0.05) is 12.0 Å². The number of benzene rings is 2. The van der Waals surface area contributed by atoms with Crippen LogP contribution in [0.25, 0.3) is 0 Å². The van der Waals surface area contributed by atoms with Crippen LogP contribution in [-0.2, 0) is 11.2 Å². The molecule has 0 saturated heterocycles. The third-order valence-electron chi connectivity index (χ3n) is 6.50. The van der Waals surface area contributed by atoms with Crippen molar-refractivity contribution in [3.63, 3.8) is 0 Å². The minimum atomic E-state index is -4.39. The molecule has 1 aliphatic carbocycles. The Morgan fingerprint density at radius 2 is 1.91 bits per heavy atom. The first-order valence-electron chi connectivity index (χ1n) is 11.3. The van der Waals surface area contributed by atoms with Crippen molar-refractivity contribution in [2.75, 3.05) is 13.4 Å². The predicted molar refractivity (Wildman–Crippen MR) is 119 cm³/mol. The van der Waals surface area contributed by atoms with E-state index in [1.807, 2.05) is 31.2 Å². The molecule has 1 fully saturated rings. The maximum Gasteiger partial charge on any atom is 0.391 e. The summed E-state index contributed by atoms with van der Waals surface area (Å²) in [5.41, 5.74) is 0.487. The highest BCUT2D eigenvalue weighted by Gasteiger charge is 2.50. The highest BCUT2D eigenvalue weighted by Crippen LogP contribution is 2.43. The number of carboxylic acids is 1. The van der Waals surface area contributed by atoms with Gasteiger partial charge in [-0.1, -0.05) is 29.8 Å². The maximum absolute atomic E-state index is 13.0. The summed E-state index contributed by atoms with van der Waals surface area (Å²) < 4.78 is 55.9. The molecule has 1 aliphatic heterocycles. The molecule has 1 heterocycles. The number of fused-ring (bicyclic) bond motifs is 1. The van der Waals surface area contributed by atoms with E-state index < -0.39 is 29.5 Å². The van der Waals surface area contributed by atoms with Gasteiger partial charge in [-0.2, -0.15) is 13.2 Å². The number of aliphatic carboxylic acids is 1. The van der Waals surface area contributed by atoms with E-state index in [4.69, 9.17) is 14.2 Å². The standard InChI is InChI=1S/C25H26F3NO6/c1-15-3-2-4-16(11-15)7-10-33-19-12-17(13-20-21(19)35-14-34-20)22(30)29-24(23(31)32)8-5-18(6-9-24)25(26,27)28/h2-4,11-13,18H,5-10,14H2,1H3,(H,29,30)(H,31,32)/t18-,24+. The average Bonchev–Trinajstić information content (AvgIpc) is 3.28. The van der Waals surface area contributed by atoms with Crippen molar-refractivity contribution >= 4 is 11.9 Å². The highest BCUT2D eigenvalue weighted by molar-refractivity contribution is 5.99. The van der Waals surface area contributed by atoms with Gasteiger partial charge in [0.05, 0.1) is 12.5 Å².